The molecule has 1 rings (SSSR count). The molecule has 0 aliphatic heterocycles. The van der Waals surface area contributed by atoms with Crippen molar-refractivity contribution in [1.82, 2.24) is 0 Å². The van der Waals surface area contributed by atoms with Gasteiger partial charge in [0.1, 0.15) is 0 Å². The first-order valence-corrected chi connectivity index (χ1v) is 4.84. The molecular weight excluding hydrogens is 206 g/mol. The van der Waals surface area contributed by atoms with Gasteiger partial charge in [-0.05, 0) is 12.5 Å². The van der Waals surface area contributed by atoms with Gasteiger partial charge in [0.2, 0.25) is 0 Å². The summed E-state index contributed by atoms with van der Waals surface area (Å²) in [6.07, 6.45) is 1.40. The van der Waals surface area contributed by atoms with Crippen LogP contribution in [0.15, 0.2) is 29.3 Å². The average molecular weight is 219 g/mol. The number of hydrogen-bond donors (Lipinski definition) is 0. The van der Waals surface area contributed by atoms with E-state index in [1.165, 1.54) is 20.2 Å². The largest absolute Gasteiger partial charge is 0.451 e. The Morgan fingerprint density at radius 2 is 1.94 bits per heavy atom. The summed E-state index contributed by atoms with van der Waals surface area (Å²) >= 11 is 0. The molecule has 0 bridgehead atoms. The van der Waals surface area contributed by atoms with Crippen LogP contribution < -0.4 is 0 Å². The molecule has 0 aliphatic carbocycles. The van der Waals surface area contributed by atoms with Crippen molar-refractivity contribution >= 4 is 18.1 Å². The second-order valence-corrected chi connectivity index (χ2v) is 3.24. The molecule has 0 radical (unpaired) electrons. The molecule has 0 saturated heterocycles. The van der Waals surface area contributed by atoms with Crippen molar-refractivity contribution in [3.8, 4) is 0 Å². The summed E-state index contributed by atoms with van der Waals surface area (Å²) in [5.74, 6) is 0.0368. The summed E-state index contributed by atoms with van der Waals surface area (Å²) in [4.78, 5) is 25.2. The summed E-state index contributed by atoms with van der Waals surface area (Å²) in [5.41, 5.74) is 1.66. The lowest BCUT2D eigenvalue weighted by Crippen LogP contribution is -1.96. The Balaban J connectivity index is 2.59. The van der Waals surface area contributed by atoms with Gasteiger partial charge in [0.15, 0.2) is 5.78 Å². The van der Waals surface area contributed by atoms with Gasteiger partial charge in [-0.1, -0.05) is 24.3 Å². The fourth-order valence-electron chi connectivity index (χ4n) is 1.15. The topological polar surface area (TPSA) is 55.7 Å². The maximum absolute atomic E-state index is 11.0. The Kier molecular flexibility index (Phi) is 4.39. The van der Waals surface area contributed by atoms with E-state index in [4.69, 9.17) is 0 Å². The molecule has 0 saturated carbocycles. The van der Waals surface area contributed by atoms with E-state index in [9.17, 15) is 9.59 Å². The molecule has 0 aromatic heterocycles. The highest BCUT2D eigenvalue weighted by molar-refractivity contribution is 5.94. The quantitative estimate of drug-likeness (QED) is 0.578. The number of hydrogen-bond acceptors (Lipinski definition) is 3. The molecule has 4 nitrogen and oxygen atoms in total. The van der Waals surface area contributed by atoms with Gasteiger partial charge in [-0.3, -0.25) is 4.79 Å². The molecule has 0 atom stereocenters. The number of nitrogens with zero attached hydrogens (tertiary/aromatic N) is 1. The molecule has 0 fully saturated rings. The molecule has 1 aromatic carbocycles. The first-order valence-electron chi connectivity index (χ1n) is 4.84. The molecule has 84 valence electrons. The number of ketones is 1. The number of carbonyl (C=O) groups is 2. The SMILES string of the molecule is COC(=O)N=CCc1ccc(C(C)=O)cc1. The van der Waals surface area contributed by atoms with Crippen LogP contribution in [-0.4, -0.2) is 25.2 Å². The van der Waals surface area contributed by atoms with Gasteiger partial charge in [0.25, 0.3) is 0 Å². The molecule has 0 unspecified atom stereocenters. The van der Waals surface area contributed by atoms with Gasteiger partial charge < -0.3 is 4.74 Å². The molecular formula is C12H13NO3. The second-order valence-electron chi connectivity index (χ2n) is 3.24. The molecule has 1 amide bonds. The van der Waals surface area contributed by atoms with Crippen LogP contribution >= 0.6 is 0 Å². The number of benzene rings is 1. The van der Waals surface area contributed by atoms with Crippen LogP contribution in [0.5, 0.6) is 0 Å². The van der Waals surface area contributed by atoms with Gasteiger partial charge in [-0.15, -0.1) is 0 Å². The standard InChI is InChI=1S/C12H13NO3/c1-9(14)11-5-3-10(4-6-11)7-8-13-12(15)16-2/h3-6,8H,7H2,1-2H3. The van der Waals surface area contributed by atoms with E-state index in [1.807, 2.05) is 12.1 Å². The summed E-state index contributed by atoms with van der Waals surface area (Å²) in [6, 6.07) is 7.17. The van der Waals surface area contributed by atoms with Crippen LogP contribution in [0.3, 0.4) is 0 Å². The highest BCUT2D eigenvalue weighted by Gasteiger charge is 1.98. The Morgan fingerprint density at radius 1 is 1.31 bits per heavy atom. The summed E-state index contributed by atoms with van der Waals surface area (Å²) < 4.78 is 4.36. The summed E-state index contributed by atoms with van der Waals surface area (Å²) in [5, 5.41) is 0. The van der Waals surface area contributed by atoms with Crippen molar-refractivity contribution in [2.24, 2.45) is 4.99 Å². The van der Waals surface area contributed by atoms with Crippen LogP contribution in [0.4, 0.5) is 4.79 Å². The van der Waals surface area contributed by atoms with Crippen molar-refractivity contribution in [3.05, 3.63) is 35.4 Å². The summed E-state index contributed by atoms with van der Waals surface area (Å²) in [7, 11) is 1.28. The van der Waals surface area contributed by atoms with Crippen LogP contribution in [-0.2, 0) is 11.2 Å². The predicted molar refractivity (Wildman–Crippen MR) is 61.0 cm³/mol. The number of amides is 1. The fraction of sp³-hybridized carbons (Fsp3) is 0.250. The monoisotopic (exact) mass is 219 g/mol. The maximum atomic E-state index is 11.0. The van der Waals surface area contributed by atoms with E-state index in [0.717, 1.165) is 5.56 Å². The van der Waals surface area contributed by atoms with E-state index in [0.29, 0.717) is 12.0 Å². The number of ether oxygens (including phenoxy) is 1. The minimum atomic E-state index is -0.611. The summed E-state index contributed by atoms with van der Waals surface area (Å²) in [6.45, 7) is 1.52. The first-order chi connectivity index (χ1) is 7.63. The normalized spacial score (nSPS) is 10.4. The van der Waals surface area contributed by atoms with Gasteiger partial charge in [-0.2, -0.15) is 4.99 Å². The molecule has 0 heterocycles. The smallest absolute Gasteiger partial charge is 0.432 e. The third-order valence-electron chi connectivity index (χ3n) is 2.06. The molecule has 16 heavy (non-hydrogen) atoms. The third-order valence-corrected chi connectivity index (χ3v) is 2.06. The molecule has 0 aliphatic rings. The third kappa shape index (κ3) is 3.65. The van der Waals surface area contributed by atoms with E-state index >= 15 is 0 Å². The Labute approximate surface area is 94.0 Å². The van der Waals surface area contributed by atoms with E-state index in [-0.39, 0.29) is 5.78 Å². The van der Waals surface area contributed by atoms with Crippen LogP contribution in [0.1, 0.15) is 22.8 Å². The Bertz CT molecular complexity index is 407. The molecule has 0 N–H and O–H groups in total. The first kappa shape index (κ1) is 12.1. The number of methoxy groups -OCH3 is 1. The lowest BCUT2D eigenvalue weighted by molar-refractivity contribution is 0.101. The lowest BCUT2D eigenvalue weighted by Gasteiger charge is -1.98. The number of Topliss-reactive ketones (excluding diaryl/α,β-unsaturated/α-hetero) is 1. The van der Waals surface area contributed by atoms with Gasteiger partial charge in [0.05, 0.1) is 7.11 Å². The van der Waals surface area contributed by atoms with Gasteiger partial charge in [-0.25, -0.2) is 4.79 Å². The minimum Gasteiger partial charge on any atom is -0.451 e. The fourth-order valence-corrected chi connectivity index (χ4v) is 1.15. The lowest BCUT2D eigenvalue weighted by atomic mass is 10.1. The molecule has 0 spiro atoms. The van der Waals surface area contributed by atoms with E-state index < -0.39 is 6.09 Å². The zero-order valence-corrected chi connectivity index (χ0v) is 9.27. The van der Waals surface area contributed by atoms with Gasteiger partial charge in [0, 0.05) is 18.2 Å². The minimum absolute atomic E-state index is 0.0368. The maximum Gasteiger partial charge on any atom is 0.432 e. The van der Waals surface area contributed by atoms with Crippen molar-refractivity contribution in [3.63, 3.8) is 0 Å². The zero-order valence-electron chi connectivity index (χ0n) is 9.27. The van der Waals surface area contributed by atoms with Gasteiger partial charge >= 0.3 is 6.09 Å². The van der Waals surface area contributed by atoms with Crippen LogP contribution in [0, 0.1) is 0 Å². The highest BCUT2D eigenvalue weighted by Crippen LogP contribution is 2.05. The van der Waals surface area contributed by atoms with Crippen LogP contribution in [0.2, 0.25) is 0 Å². The molecule has 1 aromatic rings. The van der Waals surface area contributed by atoms with Crippen molar-refractivity contribution in [2.75, 3.05) is 7.11 Å². The van der Waals surface area contributed by atoms with Crippen molar-refractivity contribution in [2.45, 2.75) is 13.3 Å². The second kappa shape index (κ2) is 5.80. The number of rotatable bonds is 3. The molecule has 4 heteroatoms. The van der Waals surface area contributed by atoms with Crippen molar-refractivity contribution in [1.29, 1.82) is 0 Å². The van der Waals surface area contributed by atoms with Crippen molar-refractivity contribution < 1.29 is 14.3 Å². The van der Waals surface area contributed by atoms with E-state index in [2.05, 4.69) is 9.73 Å². The number of aliphatic imine (C=N–C) groups is 1. The van der Waals surface area contributed by atoms with E-state index in [1.54, 1.807) is 12.1 Å². The number of carbonyl (C=O) groups excluding carboxylic acids is 2. The van der Waals surface area contributed by atoms with Crippen LogP contribution in [0.25, 0.3) is 0 Å². The Hall–Kier alpha value is -1.97. The average Bonchev–Trinajstić information content (AvgIpc) is 2.29. The Morgan fingerprint density at radius 3 is 2.44 bits per heavy atom. The highest BCUT2D eigenvalue weighted by atomic mass is 16.5. The zero-order chi connectivity index (χ0) is 12.0. The predicted octanol–water partition coefficient (Wildman–Crippen LogP) is 2.27.